The summed E-state index contributed by atoms with van der Waals surface area (Å²) in [6, 6.07) is 7.03. The van der Waals surface area contributed by atoms with Crippen LogP contribution in [-0.4, -0.2) is 22.5 Å². The number of hydrogen-bond donors (Lipinski definition) is 0. The first-order chi connectivity index (χ1) is 9.26. The highest BCUT2D eigenvalue weighted by Crippen LogP contribution is 2.28. The molecular formula is C15H17FN2O. The fourth-order valence-corrected chi connectivity index (χ4v) is 2.28. The van der Waals surface area contributed by atoms with Gasteiger partial charge in [-0.25, -0.2) is 9.37 Å². The van der Waals surface area contributed by atoms with Gasteiger partial charge in [-0.2, -0.15) is 0 Å². The molecule has 100 valence electrons. The Hall–Kier alpha value is -1.68. The van der Waals surface area contributed by atoms with Crippen molar-refractivity contribution in [2.24, 2.45) is 0 Å². The van der Waals surface area contributed by atoms with Crippen LogP contribution < -0.4 is 0 Å². The van der Waals surface area contributed by atoms with E-state index >= 15 is 0 Å². The Morgan fingerprint density at radius 2 is 2.26 bits per heavy atom. The van der Waals surface area contributed by atoms with Crippen molar-refractivity contribution in [1.82, 2.24) is 9.88 Å². The van der Waals surface area contributed by atoms with Gasteiger partial charge in [0.25, 0.3) is 0 Å². The van der Waals surface area contributed by atoms with Crippen LogP contribution in [-0.2, 0) is 6.54 Å². The Balaban J connectivity index is 1.75. The maximum Gasteiger partial charge on any atom is 0.226 e. The fourth-order valence-electron chi connectivity index (χ4n) is 2.28. The summed E-state index contributed by atoms with van der Waals surface area (Å²) >= 11 is 0. The van der Waals surface area contributed by atoms with Gasteiger partial charge in [-0.3, -0.25) is 4.90 Å². The lowest BCUT2D eigenvalue weighted by molar-refractivity contribution is 0.266. The summed E-state index contributed by atoms with van der Waals surface area (Å²) in [7, 11) is 0. The highest BCUT2D eigenvalue weighted by molar-refractivity contribution is 5.52. The first-order valence-corrected chi connectivity index (χ1v) is 6.70. The van der Waals surface area contributed by atoms with Crippen LogP contribution >= 0.6 is 0 Å². The molecule has 0 saturated heterocycles. The zero-order valence-electron chi connectivity index (χ0n) is 11.0. The first kappa shape index (κ1) is 12.4. The molecule has 1 fully saturated rings. The Kier molecular flexibility index (Phi) is 3.34. The van der Waals surface area contributed by atoms with Crippen molar-refractivity contribution in [1.29, 1.82) is 0 Å². The van der Waals surface area contributed by atoms with Gasteiger partial charge in [0.2, 0.25) is 5.89 Å². The number of aromatic nitrogens is 1. The van der Waals surface area contributed by atoms with Crippen LogP contribution in [0.1, 0.15) is 25.5 Å². The van der Waals surface area contributed by atoms with Crippen molar-refractivity contribution in [2.45, 2.75) is 32.4 Å². The van der Waals surface area contributed by atoms with Crippen molar-refractivity contribution >= 4 is 0 Å². The second-order valence-corrected chi connectivity index (χ2v) is 4.95. The summed E-state index contributed by atoms with van der Waals surface area (Å²) in [5.74, 6) is 0.215. The molecule has 3 nitrogen and oxygen atoms in total. The second-order valence-electron chi connectivity index (χ2n) is 4.95. The monoisotopic (exact) mass is 260 g/mol. The number of benzene rings is 1. The van der Waals surface area contributed by atoms with E-state index < -0.39 is 0 Å². The number of rotatable bonds is 5. The molecule has 0 unspecified atom stereocenters. The van der Waals surface area contributed by atoms with E-state index in [-0.39, 0.29) is 5.82 Å². The van der Waals surface area contributed by atoms with Crippen LogP contribution in [0.15, 0.2) is 34.9 Å². The first-order valence-electron chi connectivity index (χ1n) is 6.70. The highest BCUT2D eigenvalue weighted by Gasteiger charge is 2.28. The smallest absolute Gasteiger partial charge is 0.226 e. The van der Waals surface area contributed by atoms with E-state index in [4.69, 9.17) is 4.42 Å². The van der Waals surface area contributed by atoms with Crippen molar-refractivity contribution < 1.29 is 8.81 Å². The Morgan fingerprint density at radius 3 is 2.95 bits per heavy atom. The quantitative estimate of drug-likeness (QED) is 0.824. The normalized spacial score (nSPS) is 15.1. The van der Waals surface area contributed by atoms with Gasteiger partial charge in [0, 0.05) is 18.2 Å². The van der Waals surface area contributed by atoms with E-state index in [1.54, 1.807) is 18.4 Å². The van der Waals surface area contributed by atoms with Crippen molar-refractivity contribution in [3.05, 3.63) is 42.0 Å². The van der Waals surface area contributed by atoms with Gasteiger partial charge in [-0.1, -0.05) is 13.0 Å². The maximum absolute atomic E-state index is 13.2. The van der Waals surface area contributed by atoms with Gasteiger partial charge in [-0.15, -0.1) is 0 Å². The number of hydrogen-bond acceptors (Lipinski definition) is 3. The molecule has 2 aromatic rings. The lowest BCUT2D eigenvalue weighted by atomic mass is 10.2. The lowest BCUT2D eigenvalue weighted by Gasteiger charge is -2.17. The average molecular weight is 260 g/mol. The molecule has 0 N–H and O–H groups in total. The van der Waals surface area contributed by atoms with Gasteiger partial charge < -0.3 is 4.42 Å². The van der Waals surface area contributed by atoms with Gasteiger partial charge >= 0.3 is 0 Å². The second kappa shape index (κ2) is 5.13. The van der Waals surface area contributed by atoms with E-state index in [1.807, 2.05) is 0 Å². The summed E-state index contributed by atoms with van der Waals surface area (Å²) in [4.78, 5) is 6.84. The Labute approximate surface area is 112 Å². The fraction of sp³-hybridized carbons (Fsp3) is 0.400. The van der Waals surface area contributed by atoms with E-state index in [0.717, 1.165) is 18.8 Å². The highest BCUT2D eigenvalue weighted by atomic mass is 19.1. The Bertz CT molecular complexity index is 563. The van der Waals surface area contributed by atoms with Crippen LogP contribution in [0.2, 0.25) is 0 Å². The minimum absolute atomic E-state index is 0.273. The molecule has 1 aromatic carbocycles. The minimum atomic E-state index is -0.273. The number of oxazole rings is 1. The van der Waals surface area contributed by atoms with Crippen molar-refractivity contribution in [3.63, 3.8) is 0 Å². The molecule has 0 bridgehead atoms. The summed E-state index contributed by atoms with van der Waals surface area (Å²) in [6.07, 6.45) is 4.23. The largest absolute Gasteiger partial charge is 0.444 e. The maximum atomic E-state index is 13.2. The molecule has 4 heteroatoms. The van der Waals surface area contributed by atoms with E-state index in [9.17, 15) is 4.39 Å². The average Bonchev–Trinajstić information content (AvgIpc) is 3.15. The number of nitrogens with zero attached hydrogens (tertiary/aromatic N) is 2. The van der Waals surface area contributed by atoms with Crippen LogP contribution in [0.4, 0.5) is 4.39 Å². The molecule has 0 amide bonds. The molecule has 1 aromatic heterocycles. The molecule has 1 saturated carbocycles. The summed E-state index contributed by atoms with van der Waals surface area (Å²) in [6.45, 7) is 3.98. The number of halogens is 1. The van der Waals surface area contributed by atoms with Crippen molar-refractivity contribution in [2.75, 3.05) is 6.54 Å². The summed E-state index contributed by atoms with van der Waals surface area (Å²) in [5.41, 5.74) is 1.59. The van der Waals surface area contributed by atoms with Gasteiger partial charge in [0.1, 0.15) is 12.1 Å². The molecule has 0 spiro atoms. The van der Waals surface area contributed by atoms with E-state index in [2.05, 4.69) is 16.8 Å². The zero-order chi connectivity index (χ0) is 13.2. The third kappa shape index (κ3) is 2.84. The molecular weight excluding hydrogens is 243 g/mol. The molecule has 1 aliphatic rings. The predicted molar refractivity (Wildman–Crippen MR) is 71.0 cm³/mol. The van der Waals surface area contributed by atoms with E-state index in [1.165, 1.54) is 25.0 Å². The zero-order valence-corrected chi connectivity index (χ0v) is 11.0. The molecule has 1 aliphatic carbocycles. The van der Waals surface area contributed by atoms with Crippen LogP contribution in [0.5, 0.6) is 0 Å². The minimum Gasteiger partial charge on any atom is -0.444 e. The standard InChI is InChI=1S/C15H17FN2O/c1-2-18(14-6-7-14)9-13-10-19-15(17-13)11-4-3-5-12(16)8-11/h3-5,8,10,14H,2,6-7,9H2,1H3. The Morgan fingerprint density at radius 1 is 1.42 bits per heavy atom. The van der Waals surface area contributed by atoms with Gasteiger partial charge in [0.15, 0.2) is 0 Å². The lowest BCUT2D eigenvalue weighted by Crippen LogP contribution is -2.25. The molecule has 0 radical (unpaired) electrons. The van der Waals surface area contributed by atoms with E-state index in [0.29, 0.717) is 17.5 Å². The molecule has 0 atom stereocenters. The topological polar surface area (TPSA) is 29.3 Å². The van der Waals surface area contributed by atoms with Crippen molar-refractivity contribution in [3.8, 4) is 11.5 Å². The van der Waals surface area contributed by atoms with Crippen LogP contribution in [0.3, 0.4) is 0 Å². The molecule has 1 heterocycles. The molecule has 3 rings (SSSR count). The summed E-state index contributed by atoms with van der Waals surface area (Å²) < 4.78 is 18.6. The third-order valence-electron chi connectivity index (χ3n) is 3.46. The van der Waals surface area contributed by atoms with Gasteiger partial charge in [0.05, 0.1) is 5.69 Å². The molecule has 19 heavy (non-hydrogen) atoms. The summed E-state index contributed by atoms with van der Waals surface area (Å²) in [5, 5.41) is 0. The van der Waals surface area contributed by atoms with Gasteiger partial charge in [-0.05, 0) is 37.6 Å². The van der Waals surface area contributed by atoms with Crippen LogP contribution in [0, 0.1) is 5.82 Å². The predicted octanol–water partition coefficient (Wildman–Crippen LogP) is 3.47. The van der Waals surface area contributed by atoms with Crippen LogP contribution in [0.25, 0.3) is 11.5 Å². The molecule has 0 aliphatic heterocycles. The SMILES string of the molecule is CCN(Cc1coc(-c2cccc(F)c2)n1)C1CC1. The third-order valence-corrected chi connectivity index (χ3v) is 3.46.